The van der Waals surface area contributed by atoms with E-state index in [-0.39, 0.29) is 12.8 Å². The summed E-state index contributed by atoms with van der Waals surface area (Å²) in [4.78, 5) is 8.74. The third kappa shape index (κ3) is 6.61. The summed E-state index contributed by atoms with van der Waals surface area (Å²) in [6.07, 6.45) is 3.38. The summed E-state index contributed by atoms with van der Waals surface area (Å²) < 4.78 is 73.0. The molecule has 4 rings (SSSR count). The number of rotatable bonds is 10. The zero-order valence-corrected chi connectivity index (χ0v) is 20.4. The Balaban J connectivity index is 1.43. The minimum absolute atomic E-state index is 0.205. The molecule has 0 unspecified atom stereocenters. The number of halogens is 5. The van der Waals surface area contributed by atoms with Crippen LogP contribution in [-0.2, 0) is 19.0 Å². The number of hydrogen-bond donors (Lipinski definition) is 0. The smallest absolute Gasteiger partial charge is 0.419 e. The van der Waals surface area contributed by atoms with Gasteiger partial charge in [0.2, 0.25) is 0 Å². The van der Waals surface area contributed by atoms with Crippen molar-refractivity contribution in [1.82, 2.24) is 9.97 Å². The number of unbranched alkanes of at least 4 members (excludes halogenated alkanes) is 3. The van der Waals surface area contributed by atoms with Crippen LogP contribution in [0.2, 0.25) is 0 Å². The summed E-state index contributed by atoms with van der Waals surface area (Å²) in [5.74, 6) is -0.645. The Labute approximate surface area is 212 Å². The van der Waals surface area contributed by atoms with Gasteiger partial charge in [0.15, 0.2) is 11.6 Å². The fourth-order valence-electron chi connectivity index (χ4n) is 4.15. The van der Waals surface area contributed by atoms with Crippen molar-refractivity contribution in [1.29, 1.82) is 0 Å². The molecule has 1 heterocycles. The molecule has 0 bridgehead atoms. The van der Waals surface area contributed by atoms with Gasteiger partial charge in [-0.3, -0.25) is 0 Å². The van der Waals surface area contributed by atoms with Crippen molar-refractivity contribution in [3.8, 4) is 17.1 Å². The second-order valence-corrected chi connectivity index (χ2v) is 8.94. The van der Waals surface area contributed by atoms with Crippen LogP contribution >= 0.6 is 0 Å². The number of hydrogen-bond acceptors (Lipinski definition) is 3. The standard InChI is InChI=1S/C29H27F5N2O/c1-2-3-4-5-14-37-23-17-35-28(36-18-23)22-11-12-24-21(16-22)10-9-20(27(24)31)8-6-19-7-13-25(26(30)15-19)29(32,33)34/h7,9-13,15-18H,2-6,8,14H2,1H3. The lowest BCUT2D eigenvalue weighted by atomic mass is 9.98. The van der Waals surface area contributed by atoms with E-state index < -0.39 is 23.4 Å². The molecule has 0 N–H and O–H groups in total. The molecule has 8 heteroatoms. The summed E-state index contributed by atoms with van der Waals surface area (Å²) in [6.45, 7) is 2.78. The number of aryl methyl sites for hydroxylation is 2. The zero-order chi connectivity index (χ0) is 26.4. The van der Waals surface area contributed by atoms with Gasteiger partial charge in [0.25, 0.3) is 0 Å². The number of fused-ring (bicyclic) bond motifs is 1. The van der Waals surface area contributed by atoms with Crippen LogP contribution in [-0.4, -0.2) is 16.6 Å². The predicted octanol–water partition coefficient (Wildman–Crippen LogP) is 8.34. The average molecular weight is 515 g/mol. The fourth-order valence-corrected chi connectivity index (χ4v) is 4.15. The average Bonchev–Trinajstić information content (AvgIpc) is 2.87. The second kappa shape index (κ2) is 11.7. The fraction of sp³-hybridized carbons (Fsp3) is 0.310. The molecule has 0 atom stereocenters. The first-order valence-electron chi connectivity index (χ1n) is 12.3. The number of benzene rings is 3. The van der Waals surface area contributed by atoms with E-state index in [2.05, 4.69) is 16.9 Å². The van der Waals surface area contributed by atoms with Gasteiger partial charge in [-0.1, -0.05) is 56.5 Å². The van der Waals surface area contributed by atoms with E-state index >= 15 is 4.39 Å². The second-order valence-electron chi connectivity index (χ2n) is 8.94. The molecule has 0 aliphatic heterocycles. The molecule has 3 nitrogen and oxygen atoms in total. The Bertz CT molecular complexity index is 1350. The summed E-state index contributed by atoms with van der Waals surface area (Å²) in [6, 6.07) is 11.4. The highest BCUT2D eigenvalue weighted by molar-refractivity contribution is 5.87. The van der Waals surface area contributed by atoms with Crippen molar-refractivity contribution in [2.24, 2.45) is 0 Å². The first-order chi connectivity index (χ1) is 17.8. The van der Waals surface area contributed by atoms with E-state index in [1.165, 1.54) is 18.9 Å². The van der Waals surface area contributed by atoms with Crippen LogP contribution < -0.4 is 4.74 Å². The molecule has 4 aromatic rings. The molecule has 0 saturated heterocycles. The lowest BCUT2D eigenvalue weighted by Crippen LogP contribution is -2.08. The summed E-state index contributed by atoms with van der Waals surface area (Å²) >= 11 is 0. The molecule has 0 saturated carbocycles. The molecule has 0 radical (unpaired) electrons. The maximum absolute atomic E-state index is 15.2. The van der Waals surface area contributed by atoms with E-state index in [0.717, 1.165) is 30.5 Å². The van der Waals surface area contributed by atoms with Crippen LogP contribution in [0, 0.1) is 11.6 Å². The normalized spacial score (nSPS) is 11.7. The highest BCUT2D eigenvalue weighted by Gasteiger charge is 2.33. The van der Waals surface area contributed by atoms with Gasteiger partial charge in [0, 0.05) is 10.9 Å². The number of ether oxygens (including phenoxy) is 1. The van der Waals surface area contributed by atoms with Crippen molar-refractivity contribution in [2.75, 3.05) is 6.61 Å². The lowest BCUT2D eigenvalue weighted by molar-refractivity contribution is -0.140. The lowest BCUT2D eigenvalue weighted by Gasteiger charge is -2.11. The van der Waals surface area contributed by atoms with Crippen LogP contribution in [0.4, 0.5) is 22.0 Å². The highest BCUT2D eigenvalue weighted by Crippen LogP contribution is 2.32. The van der Waals surface area contributed by atoms with Gasteiger partial charge in [-0.05, 0) is 54.0 Å². The Morgan fingerprint density at radius 3 is 2.32 bits per heavy atom. The molecule has 194 valence electrons. The summed E-state index contributed by atoms with van der Waals surface area (Å²) in [7, 11) is 0. The van der Waals surface area contributed by atoms with Gasteiger partial charge in [-0.2, -0.15) is 13.2 Å². The molecule has 0 aliphatic rings. The minimum atomic E-state index is -4.75. The molecule has 0 aliphatic carbocycles. The van der Waals surface area contributed by atoms with Gasteiger partial charge in [-0.25, -0.2) is 18.7 Å². The van der Waals surface area contributed by atoms with E-state index in [9.17, 15) is 17.6 Å². The Morgan fingerprint density at radius 1 is 0.838 bits per heavy atom. The molecule has 0 spiro atoms. The Morgan fingerprint density at radius 2 is 1.62 bits per heavy atom. The maximum Gasteiger partial charge on any atom is 0.419 e. The van der Waals surface area contributed by atoms with E-state index in [1.807, 2.05) is 0 Å². The quantitative estimate of drug-likeness (QED) is 0.158. The largest absolute Gasteiger partial charge is 0.490 e. The monoisotopic (exact) mass is 514 g/mol. The Kier molecular flexibility index (Phi) is 8.36. The zero-order valence-electron chi connectivity index (χ0n) is 20.4. The first kappa shape index (κ1) is 26.5. The van der Waals surface area contributed by atoms with Crippen LogP contribution in [0.3, 0.4) is 0 Å². The molecule has 1 aromatic heterocycles. The molecular formula is C29H27F5N2O. The van der Waals surface area contributed by atoms with E-state index in [4.69, 9.17) is 4.74 Å². The van der Waals surface area contributed by atoms with Crippen molar-refractivity contribution < 1.29 is 26.7 Å². The van der Waals surface area contributed by atoms with Crippen LogP contribution in [0.25, 0.3) is 22.2 Å². The first-order valence-corrected chi connectivity index (χ1v) is 12.3. The van der Waals surface area contributed by atoms with Gasteiger partial charge in [0.1, 0.15) is 11.6 Å². The maximum atomic E-state index is 15.2. The van der Waals surface area contributed by atoms with Crippen LogP contribution in [0.5, 0.6) is 5.75 Å². The van der Waals surface area contributed by atoms with Crippen molar-refractivity contribution in [2.45, 2.75) is 51.6 Å². The van der Waals surface area contributed by atoms with Crippen LogP contribution in [0.1, 0.15) is 49.3 Å². The van der Waals surface area contributed by atoms with Crippen molar-refractivity contribution in [3.63, 3.8) is 0 Å². The molecular weight excluding hydrogens is 487 g/mol. The molecule has 0 fully saturated rings. The third-order valence-electron chi connectivity index (χ3n) is 6.21. The summed E-state index contributed by atoms with van der Waals surface area (Å²) in [5.41, 5.74) is 0.190. The number of alkyl halides is 3. The van der Waals surface area contributed by atoms with Crippen LogP contribution in [0.15, 0.2) is 60.9 Å². The molecule has 37 heavy (non-hydrogen) atoms. The Hall–Kier alpha value is -3.55. The number of nitrogens with zero attached hydrogens (tertiary/aromatic N) is 2. The van der Waals surface area contributed by atoms with E-state index in [1.54, 1.807) is 42.7 Å². The summed E-state index contributed by atoms with van der Waals surface area (Å²) in [5, 5.41) is 1.08. The third-order valence-corrected chi connectivity index (χ3v) is 6.21. The van der Waals surface area contributed by atoms with Crippen molar-refractivity contribution >= 4 is 10.8 Å². The predicted molar refractivity (Wildman–Crippen MR) is 133 cm³/mol. The topological polar surface area (TPSA) is 35.0 Å². The molecule has 0 amide bonds. The van der Waals surface area contributed by atoms with Gasteiger partial charge in [0.05, 0.1) is 24.6 Å². The SMILES string of the molecule is CCCCCCOc1cnc(-c2ccc3c(F)c(CCc4ccc(C(F)(F)F)c(F)c4)ccc3c2)nc1. The minimum Gasteiger partial charge on any atom is -0.490 e. The van der Waals surface area contributed by atoms with Crippen molar-refractivity contribution in [3.05, 3.63) is 89.2 Å². The van der Waals surface area contributed by atoms with E-state index in [0.29, 0.717) is 40.1 Å². The van der Waals surface area contributed by atoms with Gasteiger partial charge in [-0.15, -0.1) is 0 Å². The number of aromatic nitrogens is 2. The highest BCUT2D eigenvalue weighted by atomic mass is 19.4. The van der Waals surface area contributed by atoms with Gasteiger partial charge < -0.3 is 4.74 Å². The van der Waals surface area contributed by atoms with Gasteiger partial charge >= 0.3 is 6.18 Å². The molecule has 3 aromatic carbocycles.